The van der Waals surface area contributed by atoms with E-state index in [1.54, 1.807) is 0 Å². The van der Waals surface area contributed by atoms with Crippen LogP contribution in [0.2, 0.25) is 17.3 Å². The molecule has 11 rings (SSSR count). The Labute approximate surface area is 302 Å². The number of benzene rings is 8. The molecular formula is C48H34GeN2O. The molecule has 4 heteroatoms. The number of fused-ring (bicyclic) bond motifs is 13. The second kappa shape index (κ2) is 10.8. The molecule has 8 aromatic carbocycles. The van der Waals surface area contributed by atoms with Crippen molar-refractivity contribution >= 4 is 110 Å². The number of rotatable bonds is 2. The van der Waals surface area contributed by atoms with E-state index >= 15 is 0 Å². The van der Waals surface area contributed by atoms with Crippen LogP contribution in [0.1, 0.15) is 0 Å². The van der Waals surface area contributed by atoms with Crippen LogP contribution in [0, 0.1) is 0 Å². The van der Waals surface area contributed by atoms with Crippen molar-refractivity contribution in [3.05, 3.63) is 152 Å². The zero-order valence-corrected chi connectivity index (χ0v) is 31.3. The van der Waals surface area contributed by atoms with Crippen molar-refractivity contribution in [2.24, 2.45) is 0 Å². The molecule has 0 amide bonds. The van der Waals surface area contributed by atoms with Gasteiger partial charge in [0.1, 0.15) is 0 Å². The molecule has 0 spiro atoms. The van der Waals surface area contributed by atoms with E-state index in [0.29, 0.717) is 0 Å². The number of para-hydroxylation sites is 3. The third-order valence-electron chi connectivity index (χ3n) is 11.1. The molecule has 3 heterocycles. The molecule has 0 N–H and O–H groups in total. The molecule has 3 nitrogen and oxygen atoms in total. The third kappa shape index (κ3) is 4.23. The molecule has 246 valence electrons. The Kier molecular flexibility index (Phi) is 6.19. The van der Waals surface area contributed by atoms with Crippen molar-refractivity contribution in [3.8, 4) is 11.4 Å². The summed E-state index contributed by atoms with van der Waals surface area (Å²) in [5.74, 6) is 8.23. The summed E-state index contributed by atoms with van der Waals surface area (Å²) in [5.41, 5.74) is 5.86. The van der Waals surface area contributed by atoms with E-state index in [1.165, 1.54) is 52.9 Å². The van der Waals surface area contributed by atoms with Crippen molar-refractivity contribution in [2.45, 2.75) is 17.3 Å². The molecule has 0 fully saturated rings. The first kappa shape index (κ1) is 29.8. The van der Waals surface area contributed by atoms with E-state index in [9.17, 15) is 0 Å². The maximum absolute atomic E-state index is 6.95. The van der Waals surface area contributed by atoms with Gasteiger partial charge in [0, 0.05) is 10.8 Å². The number of furan rings is 1. The normalized spacial score (nSPS) is 12.5. The second-order valence-corrected chi connectivity index (χ2v) is 25.8. The first-order valence-corrected chi connectivity index (χ1v) is 25.4. The molecular weight excluding hydrogens is 693 g/mol. The summed E-state index contributed by atoms with van der Waals surface area (Å²) < 4.78 is 10.9. The summed E-state index contributed by atoms with van der Waals surface area (Å²) in [5, 5.41) is 14.4. The van der Waals surface area contributed by atoms with Crippen LogP contribution in [-0.4, -0.2) is 22.7 Å². The van der Waals surface area contributed by atoms with Gasteiger partial charge in [-0.25, -0.2) is 0 Å². The van der Waals surface area contributed by atoms with E-state index < -0.39 is 13.3 Å². The van der Waals surface area contributed by atoms with Crippen LogP contribution < -0.4 is 4.40 Å². The fourth-order valence-corrected chi connectivity index (χ4v) is 11.0. The van der Waals surface area contributed by atoms with Gasteiger partial charge in [0.25, 0.3) is 0 Å². The van der Waals surface area contributed by atoms with Crippen LogP contribution in [0.4, 0.5) is 0 Å². The van der Waals surface area contributed by atoms with E-state index in [2.05, 4.69) is 173 Å². The average Bonchev–Trinajstić information content (AvgIpc) is 3.75. The summed E-state index contributed by atoms with van der Waals surface area (Å²) in [6, 6.07) is 55.5. The number of aromatic nitrogens is 2. The molecule has 0 saturated heterocycles. The second-order valence-electron chi connectivity index (χ2n) is 15.2. The summed E-state index contributed by atoms with van der Waals surface area (Å²) in [6.45, 7) is 0. The Bertz CT molecular complexity index is 3340. The fourth-order valence-electron chi connectivity index (χ4n) is 8.56. The minimum absolute atomic E-state index is 0.853. The van der Waals surface area contributed by atoms with E-state index in [4.69, 9.17) is 9.40 Å². The zero-order chi connectivity index (χ0) is 34.7. The van der Waals surface area contributed by atoms with Crippen LogP contribution in [0.3, 0.4) is 0 Å². The Morgan fingerprint density at radius 2 is 1.10 bits per heavy atom. The first-order chi connectivity index (χ1) is 25.4. The maximum atomic E-state index is 6.95. The molecule has 0 aliphatic carbocycles. The van der Waals surface area contributed by atoms with Gasteiger partial charge in [0.05, 0.1) is 16.6 Å². The molecule has 52 heavy (non-hydrogen) atoms. The quantitative estimate of drug-likeness (QED) is 0.131. The molecule has 0 aliphatic heterocycles. The molecule has 0 aliphatic rings. The molecule has 11 aromatic rings. The van der Waals surface area contributed by atoms with Crippen molar-refractivity contribution in [2.75, 3.05) is 0 Å². The van der Waals surface area contributed by atoms with Gasteiger partial charge >= 0.3 is 164 Å². The summed E-state index contributed by atoms with van der Waals surface area (Å²) in [6.07, 6.45) is 0. The monoisotopic (exact) mass is 728 g/mol. The van der Waals surface area contributed by atoms with Gasteiger partial charge in [-0.05, 0) is 33.7 Å². The Morgan fingerprint density at radius 1 is 0.481 bits per heavy atom. The Hall–Kier alpha value is -5.91. The van der Waals surface area contributed by atoms with Crippen molar-refractivity contribution in [1.29, 1.82) is 0 Å². The van der Waals surface area contributed by atoms with Crippen LogP contribution in [0.5, 0.6) is 0 Å². The van der Waals surface area contributed by atoms with E-state index in [-0.39, 0.29) is 0 Å². The molecule has 0 saturated carbocycles. The standard InChI is InChI=1S/C48H34GeN2O/c1-49(2,3)31-24-25-32-29(26-31)22-23-30-27-42-39-18-10-19-40(47(39)52-45(42)28-41(30)32)48-50-43-20-11-17-38-36-15-7-5-13-34(36)33-12-4-6-14-35(33)37-16-8-9-21-44(37)51(48)46(38)43/h4-28H,1-3H3. The summed E-state index contributed by atoms with van der Waals surface area (Å²) in [7, 11) is 0. The topological polar surface area (TPSA) is 30.4 Å². The number of hydrogen-bond acceptors (Lipinski definition) is 2. The predicted octanol–water partition coefficient (Wildman–Crippen LogP) is 12.9. The van der Waals surface area contributed by atoms with Gasteiger partial charge in [-0.2, -0.15) is 0 Å². The van der Waals surface area contributed by atoms with E-state index in [1.807, 2.05) is 0 Å². The van der Waals surface area contributed by atoms with Crippen molar-refractivity contribution < 1.29 is 4.42 Å². The van der Waals surface area contributed by atoms with Gasteiger partial charge < -0.3 is 0 Å². The van der Waals surface area contributed by atoms with Crippen molar-refractivity contribution in [1.82, 2.24) is 9.38 Å². The molecule has 0 bridgehead atoms. The fraction of sp³-hybridized carbons (Fsp3) is 0.0625. The first-order valence-electron chi connectivity index (χ1n) is 18.0. The minimum atomic E-state index is -1.97. The third-order valence-corrected chi connectivity index (χ3v) is 15.4. The number of hydrogen-bond donors (Lipinski definition) is 0. The SMILES string of the molecule is [CH3][Ge]([CH3])([CH3])[c]1ccc2c(ccc3cc4c(cc32)oc2c(-c3nc5cccc6c7ccccc7c7ccccc7c7ccccc7n3c56)cccc24)c1. The molecule has 0 unspecified atom stereocenters. The summed E-state index contributed by atoms with van der Waals surface area (Å²) >= 11 is -1.97. The van der Waals surface area contributed by atoms with Gasteiger partial charge in [-0.15, -0.1) is 0 Å². The van der Waals surface area contributed by atoms with Gasteiger partial charge in [0.15, 0.2) is 0 Å². The Morgan fingerprint density at radius 3 is 1.85 bits per heavy atom. The van der Waals surface area contributed by atoms with Gasteiger partial charge in [-0.1, -0.05) is 78.9 Å². The molecule has 0 radical (unpaired) electrons. The summed E-state index contributed by atoms with van der Waals surface area (Å²) in [4.78, 5) is 5.45. The Balaban J connectivity index is 1.28. The molecule has 0 atom stereocenters. The average molecular weight is 727 g/mol. The number of imidazole rings is 1. The predicted molar refractivity (Wildman–Crippen MR) is 225 cm³/mol. The number of nitrogens with zero attached hydrogens (tertiary/aromatic N) is 2. The van der Waals surface area contributed by atoms with Crippen molar-refractivity contribution in [3.63, 3.8) is 0 Å². The van der Waals surface area contributed by atoms with E-state index in [0.717, 1.165) is 55.3 Å². The zero-order valence-electron chi connectivity index (χ0n) is 29.2. The van der Waals surface area contributed by atoms with Crippen LogP contribution in [0.25, 0.3) is 104 Å². The van der Waals surface area contributed by atoms with Crippen LogP contribution in [0.15, 0.2) is 156 Å². The van der Waals surface area contributed by atoms with Crippen LogP contribution >= 0.6 is 0 Å². The molecule has 3 aromatic heterocycles. The van der Waals surface area contributed by atoms with Gasteiger partial charge in [-0.3, -0.25) is 0 Å². The van der Waals surface area contributed by atoms with Crippen LogP contribution in [-0.2, 0) is 0 Å². The van der Waals surface area contributed by atoms with Gasteiger partial charge in [0.2, 0.25) is 0 Å².